The number of hydrogen-bond donors (Lipinski definition) is 3. The van der Waals surface area contributed by atoms with Crippen molar-refractivity contribution in [3.63, 3.8) is 0 Å². The van der Waals surface area contributed by atoms with Gasteiger partial charge in [0.15, 0.2) is 11.5 Å². The fourth-order valence-electron chi connectivity index (χ4n) is 1.74. The van der Waals surface area contributed by atoms with Gasteiger partial charge in [-0.25, -0.2) is 4.85 Å². The van der Waals surface area contributed by atoms with Crippen molar-refractivity contribution in [3.8, 4) is 0 Å². The van der Waals surface area contributed by atoms with Crippen LogP contribution in [-0.2, 0) is 6.42 Å². The monoisotopic (exact) mass is 241 g/mol. The van der Waals surface area contributed by atoms with Crippen LogP contribution in [0.15, 0.2) is 24.3 Å². The van der Waals surface area contributed by atoms with Crippen LogP contribution in [0.25, 0.3) is 4.85 Å². The van der Waals surface area contributed by atoms with Gasteiger partial charge in [-0.2, -0.15) is 5.10 Å². The van der Waals surface area contributed by atoms with E-state index in [9.17, 15) is 4.79 Å². The van der Waals surface area contributed by atoms with Crippen molar-refractivity contribution < 1.29 is 4.79 Å². The average molecular weight is 241 g/mol. The van der Waals surface area contributed by atoms with Crippen molar-refractivity contribution in [2.75, 3.05) is 5.73 Å². The molecule has 0 fully saturated rings. The fraction of sp³-hybridized carbons (Fsp3) is 0.0833. The molecule has 0 saturated carbocycles. The highest BCUT2D eigenvalue weighted by atomic mass is 16.1. The number of benzene rings is 1. The molecule has 90 valence electrons. The van der Waals surface area contributed by atoms with Crippen LogP contribution in [0.5, 0.6) is 0 Å². The number of H-pyrrole nitrogens is 1. The first-order valence-electron chi connectivity index (χ1n) is 5.20. The lowest BCUT2D eigenvalue weighted by Gasteiger charge is -2.02. The third-order valence-electron chi connectivity index (χ3n) is 2.54. The number of hydrogen-bond acceptors (Lipinski definition) is 3. The van der Waals surface area contributed by atoms with E-state index in [1.165, 1.54) is 0 Å². The Morgan fingerprint density at radius 3 is 2.94 bits per heavy atom. The highest BCUT2D eigenvalue weighted by molar-refractivity contribution is 5.98. The average Bonchev–Trinajstić information content (AvgIpc) is 2.70. The van der Waals surface area contributed by atoms with Crippen molar-refractivity contribution in [2.45, 2.75) is 6.42 Å². The second kappa shape index (κ2) is 4.59. The van der Waals surface area contributed by atoms with Gasteiger partial charge < -0.3 is 11.5 Å². The molecule has 0 spiro atoms. The van der Waals surface area contributed by atoms with Crippen LogP contribution in [-0.4, -0.2) is 16.1 Å². The number of anilines is 1. The Balaban J connectivity index is 2.35. The normalized spacial score (nSPS) is 9.94. The highest BCUT2D eigenvalue weighted by Gasteiger charge is 2.16. The van der Waals surface area contributed by atoms with Crippen molar-refractivity contribution in [2.24, 2.45) is 5.73 Å². The van der Waals surface area contributed by atoms with E-state index < -0.39 is 5.91 Å². The molecule has 5 N–H and O–H groups in total. The quantitative estimate of drug-likeness (QED) is 0.704. The number of carbonyl (C=O) groups is 1. The Morgan fingerprint density at radius 2 is 2.28 bits per heavy atom. The zero-order chi connectivity index (χ0) is 13.1. The maximum atomic E-state index is 11.3. The first kappa shape index (κ1) is 11.7. The van der Waals surface area contributed by atoms with E-state index in [4.69, 9.17) is 18.0 Å². The molecule has 0 aliphatic heterocycles. The van der Waals surface area contributed by atoms with Crippen LogP contribution in [0.4, 0.5) is 11.5 Å². The summed E-state index contributed by atoms with van der Waals surface area (Å²) in [6.45, 7) is 6.95. The number of aromatic nitrogens is 2. The van der Waals surface area contributed by atoms with Crippen LogP contribution < -0.4 is 11.5 Å². The van der Waals surface area contributed by atoms with Gasteiger partial charge in [0.25, 0.3) is 5.91 Å². The topological polar surface area (TPSA) is 102 Å². The van der Waals surface area contributed by atoms with Crippen LogP contribution in [0, 0.1) is 6.57 Å². The lowest BCUT2D eigenvalue weighted by Crippen LogP contribution is -2.14. The first-order chi connectivity index (χ1) is 8.61. The summed E-state index contributed by atoms with van der Waals surface area (Å²) < 4.78 is 0. The van der Waals surface area contributed by atoms with Gasteiger partial charge in [-0.3, -0.25) is 9.89 Å². The molecule has 6 nitrogen and oxygen atoms in total. The second-order valence-electron chi connectivity index (χ2n) is 3.79. The van der Waals surface area contributed by atoms with Gasteiger partial charge in [0, 0.05) is 6.42 Å². The minimum absolute atomic E-state index is 0.0961. The zero-order valence-electron chi connectivity index (χ0n) is 9.47. The summed E-state index contributed by atoms with van der Waals surface area (Å²) in [5, 5.41) is 6.46. The molecule has 0 aliphatic rings. The summed E-state index contributed by atoms with van der Waals surface area (Å²) in [5.41, 5.74) is 13.0. The van der Waals surface area contributed by atoms with Gasteiger partial charge in [0.05, 0.1) is 12.3 Å². The number of nitrogens with zero attached hydrogens (tertiary/aromatic N) is 2. The molecule has 0 radical (unpaired) electrons. The molecule has 6 heteroatoms. The molecule has 2 rings (SSSR count). The van der Waals surface area contributed by atoms with Crippen LogP contribution in [0.3, 0.4) is 0 Å². The molecule has 0 atom stereocenters. The molecule has 1 aromatic carbocycles. The number of nitrogens with two attached hydrogens (primary N) is 2. The Hall–Kier alpha value is -2.81. The molecule has 18 heavy (non-hydrogen) atoms. The van der Waals surface area contributed by atoms with Crippen LogP contribution in [0.2, 0.25) is 0 Å². The van der Waals surface area contributed by atoms with Gasteiger partial charge in [0.2, 0.25) is 0 Å². The van der Waals surface area contributed by atoms with Crippen molar-refractivity contribution in [1.82, 2.24) is 10.2 Å². The van der Waals surface area contributed by atoms with E-state index in [1.54, 1.807) is 18.2 Å². The summed E-state index contributed by atoms with van der Waals surface area (Å²) in [4.78, 5) is 14.6. The third-order valence-corrected chi connectivity index (χ3v) is 2.54. The van der Waals surface area contributed by atoms with Crippen LogP contribution >= 0.6 is 0 Å². The minimum Gasteiger partial charge on any atom is -0.382 e. The number of amides is 1. The van der Waals surface area contributed by atoms with Crippen LogP contribution in [0.1, 0.15) is 21.6 Å². The van der Waals surface area contributed by atoms with Gasteiger partial charge in [0.1, 0.15) is 5.56 Å². The maximum Gasteiger partial charge on any atom is 0.254 e. The van der Waals surface area contributed by atoms with E-state index in [1.807, 2.05) is 6.07 Å². The Labute approximate surface area is 103 Å². The number of nitrogen functional groups attached to an aromatic ring is 1. The standard InChI is InChI=1S/C12H11N5O/c1-15-8-4-2-3-7(5-8)6-9-10(12(14)18)11(13)17-16-9/h2-5H,6H2,(H2,14,18)(H3,13,16,17). The predicted octanol–water partition coefficient (Wildman–Crippen LogP) is 1.23. The Kier molecular flexibility index (Phi) is 2.98. The summed E-state index contributed by atoms with van der Waals surface area (Å²) in [7, 11) is 0. The molecule has 1 amide bonds. The highest BCUT2D eigenvalue weighted by Crippen LogP contribution is 2.19. The summed E-state index contributed by atoms with van der Waals surface area (Å²) in [6, 6.07) is 7.10. The molecule has 0 saturated heterocycles. The molecule has 2 aromatic rings. The molecular formula is C12H11N5O. The molecule has 0 unspecified atom stereocenters. The summed E-state index contributed by atoms with van der Waals surface area (Å²) >= 11 is 0. The van der Waals surface area contributed by atoms with E-state index in [2.05, 4.69) is 15.0 Å². The smallest absolute Gasteiger partial charge is 0.254 e. The van der Waals surface area contributed by atoms with Crippen molar-refractivity contribution >= 4 is 17.4 Å². The van der Waals surface area contributed by atoms with E-state index in [0.717, 1.165) is 5.56 Å². The Bertz CT molecular complexity index is 638. The van der Waals surface area contributed by atoms with Gasteiger partial charge in [-0.15, -0.1) is 0 Å². The minimum atomic E-state index is -0.613. The van der Waals surface area contributed by atoms with E-state index in [0.29, 0.717) is 17.8 Å². The molecule has 0 aliphatic carbocycles. The second-order valence-corrected chi connectivity index (χ2v) is 3.79. The van der Waals surface area contributed by atoms with Gasteiger partial charge in [-0.05, 0) is 0 Å². The molecule has 0 bridgehead atoms. The Morgan fingerprint density at radius 1 is 1.50 bits per heavy atom. The number of aromatic amines is 1. The third kappa shape index (κ3) is 2.15. The lowest BCUT2D eigenvalue weighted by molar-refractivity contribution is 0.100. The number of carbonyl (C=O) groups excluding carboxylic acids is 1. The number of nitrogens with one attached hydrogen (secondary N) is 1. The lowest BCUT2D eigenvalue weighted by atomic mass is 10.1. The zero-order valence-corrected chi connectivity index (χ0v) is 9.47. The SMILES string of the molecule is [C-]#[N+]c1cccc(Cc2[nH]nc(N)c2C(N)=O)c1. The number of primary amides is 1. The summed E-state index contributed by atoms with van der Waals surface area (Å²) in [5.74, 6) is -0.517. The van der Waals surface area contributed by atoms with E-state index >= 15 is 0 Å². The van der Waals surface area contributed by atoms with Crippen molar-refractivity contribution in [3.05, 3.63) is 52.5 Å². The fourth-order valence-corrected chi connectivity index (χ4v) is 1.74. The number of rotatable bonds is 3. The molecular weight excluding hydrogens is 230 g/mol. The van der Waals surface area contributed by atoms with Gasteiger partial charge in [-0.1, -0.05) is 29.8 Å². The largest absolute Gasteiger partial charge is 0.382 e. The van der Waals surface area contributed by atoms with Crippen molar-refractivity contribution in [1.29, 1.82) is 0 Å². The predicted molar refractivity (Wildman–Crippen MR) is 67.0 cm³/mol. The molecule has 1 heterocycles. The maximum absolute atomic E-state index is 11.3. The summed E-state index contributed by atoms with van der Waals surface area (Å²) in [6.07, 6.45) is 0.422. The first-order valence-corrected chi connectivity index (χ1v) is 5.20. The van der Waals surface area contributed by atoms with Gasteiger partial charge >= 0.3 is 0 Å². The molecule has 1 aromatic heterocycles. The van der Waals surface area contributed by atoms with E-state index in [-0.39, 0.29) is 11.4 Å².